The molecule has 3 rings (SSSR count). The van der Waals surface area contributed by atoms with Gasteiger partial charge in [-0.2, -0.15) is 0 Å². The number of hydrogen-bond donors (Lipinski definition) is 1. The highest BCUT2D eigenvalue weighted by molar-refractivity contribution is 5.84. The molecule has 0 aliphatic carbocycles. The van der Waals surface area contributed by atoms with Crippen molar-refractivity contribution in [3.63, 3.8) is 0 Å². The standard InChI is InChI=1S/C18H26N2O/c1-14-9-10-16(21-14)13-20-12-15(6-5-11-19-2)17-7-3-4-8-18(17)20/h3-4,7-8,12,14,16,19H,5-6,9-11,13H2,1-2H3. The fraction of sp³-hybridized carbons (Fsp3) is 0.556. The Balaban J connectivity index is 1.81. The Morgan fingerprint density at radius 2 is 2.14 bits per heavy atom. The molecule has 2 unspecified atom stereocenters. The van der Waals surface area contributed by atoms with Gasteiger partial charge in [-0.15, -0.1) is 0 Å². The summed E-state index contributed by atoms with van der Waals surface area (Å²) < 4.78 is 8.39. The lowest BCUT2D eigenvalue weighted by atomic mass is 10.1. The van der Waals surface area contributed by atoms with Crippen LogP contribution in [0.4, 0.5) is 0 Å². The molecule has 0 radical (unpaired) electrons. The van der Waals surface area contributed by atoms with Crippen molar-refractivity contribution < 1.29 is 4.74 Å². The van der Waals surface area contributed by atoms with Gasteiger partial charge in [-0.3, -0.25) is 0 Å². The zero-order valence-electron chi connectivity index (χ0n) is 13.1. The summed E-state index contributed by atoms with van der Waals surface area (Å²) in [5.74, 6) is 0. The number of fused-ring (bicyclic) bond motifs is 1. The van der Waals surface area contributed by atoms with E-state index in [0.717, 1.165) is 19.5 Å². The monoisotopic (exact) mass is 286 g/mol. The lowest BCUT2D eigenvalue weighted by Crippen LogP contribution is -2.15. The summed E-state index contributed by atoms with van der Waals surface area (Å²) in [5, 5.41) is 4.63. The topological polar surface area (TPSA) is 26.2 Å². The summed E-state index contributed by atoms with van der Waals surface area (Å²) in [6.07, 6.45) is 7.83. The Bertz CT molecular complexity index is 590. The Morgan fingerprint density at radius 1 is 1.29 bits per heavy atom. The third kappa shape index (κ3) is 3.30. The Hall–Kier alpha value is -1.32. The molecule has 3 nitrogen and oxygen atoms in total. The number of hydrogen-bond acceptors (Lipinski definition) is 2. The van der Waals surface area contributed by atoms with Gasteiger partial charge in [-0.1, -0.05) is 18.2 Å². The summed E-state index contributed by atoms with van der Waals surface area (Å²) in [5.41, 5.74) is 2.81. The maximum atomic E-state index is 5.99. The van der Waals surface area contributed by atoms with Crippen molar-refractivity contribution in [2.75, 3.05) is 13.6 Å². The molecule has 21 heavy (non-hydrogen) atoms. The van der Waals surface area contributed by atoms with Crippen LogP contribution in [0.1, 0.15) is 31.7 Å². The van der Waals surface area contributed by atoms with Gasteiger partial charge < -0.3 is 14.6 Å². The number of nitrogens with zero attached hydrogens (tertiary/aromatic N) is 1. The molecule has 1 N–H and O–H groups in total. The van der Waals surface area contributed by atoms with Crippen LogP contribution in [0.2, 0.25) is 0 Å². The van der Waals surface area contributed by atoms with E-state index in [9.17, 15) is 0 Å². The molecule has 1 fully saturated rings. The summed E-state index contributed by atoms with van der Waals surface area (Å²) in [6, 6.07) is 8.75. The molecule has 1 aromatic carbocycles. The van der Waals surface area contributed by atoms with Crippen molar-refractivity contribution in [3.8, 4) is 0 Å². The van der Waals surface area contributed by atoms with Gasteiger partial charge in [0.1, 0.15) is 0 Å². The third-order valence-electron chi connectivity index (χ3n) is 4.46. The smallest absolute Gasteiger partial charge is 0.0758 e. The van der Waals surface area contributed by atoms with E-state index < -0.39 is 0 Å². The number of nitrogens with one attached hydrogen (secondary N) is 1. The second-order valence-electron chi connectivity index (χ2n) is 6.18. The first-order valence-electron chi connectivity index (χ1n) is 8.14. The highest BCUT2D eigenvalue weighted by Crippen LogP contribution is 2.26. The van der Waals surface area contributed by atoms with Gasteiger partial charge in [0.05, 0.1) is 12.2 Å². The SMILES string of the molecule is CNCCCc1cn(CC2CCC(C)O2)c2ccccc12. The largest absolute Gasteiger partial charge is 0.373 e. The van der Waals surface area contributed by atoms with E-state index in [1.54, 1.807) is 0 Å². The maximum absolute atomic E-state index is 5.99. The van der Waals surface area contributed by atoms with E-state index in [4.69, 9.17) is 4.74 Å². The van der Waals surface area contributed by atoms with Crippen molar-refractivity contribution in [1.29, 1.82) is 0 Å². The van der Waals surface area contributed by atoms with Gasteiger partial charge in [-0.25, -0.2) is 0 Å². The fourth-order valence-corrected chi connectivity index (χ4v) is 3.37. The minimum absolute atomic E-state index is 0.376. The Kier molecular flexibility index (Phi) is 4.61. The second kappa shape index (κ2) is 6.63. The molecule has 1 aliphatic rings. The quantitative estimate of drug-likeness (QED) is 0.824. The normalized spacial score (nSPS) is 22.2. The molecule has 114 valence electrons. The first-order valence-corrected chi connectivity index (χ1v) is 8.14. The molecule has 2 heterocycles. The summed E-state index contributed by atoms with van der Waals surface area (Å²) in [6.45, 7) is 4.23. The average molecular weight is 286 g/mol. The van der Waals surface area contributed by atoms with E-state index in [0.29, 0.717) is 12.2 Å². The Morgan fingerprint density at radius 3 is 2.90 bits per heavy atom. The molecule has 2 atom stereocenters. The van der Waals surface area contributed by atoms with Crippen LogP contribution < -0.4 is 5.32 Å². The van der Waals surface area contributed by atoms with Crippen LogP contribution in [0, 0.1) is 0 Å². The second-order valence-corrected chi connectivity index (χ2v) is 6.18. The number of para-hydroxylation sites is 1. The van der Waals surface area contributed by atoms with Crippen molar-refractivity contribution in [3.05, 3.63) is 36.0 Å². The van der Waals surface area contributed by atoms with Gasteiger partial charge in [-0.05, 0) is 57.8 Å². The highest BCUT2D eigenvalue weighted by Gasteiger charge is 2.22. The third-order valence-corrected chi connectivity index (χ3v) is 4.46. The number of aryl methyl sites for hydroxylation is 1. The van der Waals surface area contributed by atoms with Crippen molar-refractivity contribution in [2.45, 2.75) is 51.4 Å². The molecule has 0 saturated carbocycles. The number of rotatable bonds is 6. The lowest BCUT2D eigenvalue weighted by Gasteiger charge is -2.13. The number of benzene rings is 1. The van der Waals surface area contributed by atoms with E-state index in [1.807, 2.05) is 7.05 Å². The van der Waals surface area contributed by atoms with E-state index in [-0.39, 0.29) is 0 Å². The minimum atomic E-state index is 0.376. The molecule has 1 aromatic heterocycles. The molecule has 2 aromatic rings. The van der Waals surface area contributed by atoms with Crippen molar-refractivity contribution in [2.24, 2.45) is 0 Å². The zero-order chi connectivity index (χ0) is 14.7. The van der Waals surface area contributed by atoms with Crippen LogP contribution in [0.15, 0.2) is 30.5 Å². The van der Waals surface area contributed by atoms with Gasteiger partial charge in [0.15, 0.2) is 0 Å². The first kappa shape index (κ1) is 14.6. The molecule has 0 bridgehead atoms. The van der Waals surface area contributed by atoms with Crippen LogP contribution >= 0.6 is 0 Å². The van der Waals surface area contributed by atoms with Crippen molar-refractivity contribution in [1.82, 2.24) is 9.88 Å². The van der Waals surface area contributed by atoms with Crippen LogP contribution in [-0.2, 0) is 17.7 Å². The van der Waals surface area contributed by atoms with Crippen molar-refractivity contribution >= 4 is 10.9 Å². The van der Waals surface area contributed by atoms with Crippen LogP contribution in [0.5, 0.6) is 0 Å². The fourth-order valence-electron chi connectivity index (χ4n) is 3.37. The van der Waals surface area contributed by atoms with Crippen LogP contribution in [-0.4, -0.2) is 30.4 Å². The maximum Gasteiger partial charge on any atom is 0.0758 e. The predicted molar refractivity (Wildman–Crippen MR) is 87.8 cm³/mol. The summed E-state index contributed by atoms with van der Waals surface area (Å²) in [4.78, 5) is 0. The molecule has 3 heteroatoms. The van der Waals surface area contributed by atoms with Gasteiger partial charge in [0.2, 0.25) is 0 Å². The van der Waals surface area contributed by atoms with Gasteiger partial charge in [0, 0.05) is 23.6 Å². The average Bonchev–Trinajstić information content (AvgIpc) is 3.05. The highest BCUT2D eigenvalue weighted by atomic mass is 16.5. The predicted octanol–water partition coefficient (Wildman–Crippen LogP) is 3.36. The summed E-state index contributed by atoms with van der Waals surface area (Å²) >= 11 is 0. The number of ether oxygens (including phenoxy) is 1. The number of aromatic nitrogens is 1. The van der Waals surface area contributed by atoms with E-state index in [2.05, 4.69) is 47.3 Å². The van der Waals surface area contributed by atoms with E-state index >= 15 is 0 Å². The van der Waals surface area contributed by atoms with E-state index in [1.165, 1.54) is 35.7 Å². The first-order chi connectivity index (χ1) is 10.3. The van der Waals surface area contributed by atoms with Gasteiger partial charge in [0.25, 0.3) is 0 Å². The molecule has 1 aliphatic heterocycles. The van der Waals surface area contributed by atoms with Crippen LogP contribution in [0.3, 0.4) is 0 Å². The van der Waals surface area contributed by atoms with Gasteiger partial charge >= 0.3 is 0 Å². The molecular formula is C18H26N2O. The molecule has 0 amide bonds. The van der Waals surface area contributed by atoms with Crippen LogP contribution in [0.25, 0.3) is 10.9 Å². The summed E-state index contributed by atoms with van der Waals surface area (Å²) in [7, 11) is 2.02. The Labute approximate surface area is 127 Å². The molecule has 1 saturated heterocycles. The zero-order valence-corrected chi connectivity index (χ0v) is 13.1. The minimum Gasteiger partial charge on any atom is -0.373 e. The lowest BCUT2D eigenvalue weighted by molar-refractivity contribution is 0.0465. The molecular weight excluding hydrogens is 260 g/mol. The molecule has 0 spiro atoms.